The van der Waals surface area contributed by atoms with Crippen molar-refractivity contribution in [3.63, 3.8) is 0 Å². The molecule has 0 saturated heterocycles. The lowest BCUT2D eigenvalue weighted by Gasteiger charge is -2.23. The summed E-state index contributed by atoms with van der Waals surface area (Å²) >= 11 is 0. The predicted molar refractivity (Wildman–Crippen MR) is 65.4 cm³/mol. The van der Waals surface area contributed by atoms with Crippen LogP contribution in [-0.4, -0.2) is 53.9 Å². The van der Waals surface area contributed by atoms with Gasteiger partial charge in [-0.05, 0) is 25.8 Å². The van der Waals surface area contributed by atoms with Crippen LogP contribution in [0.3, 0.4) is 0 Å². The third-order valence-corrected chi connectivity index (χ3v) is 3.31. The monoisotopic (exact) mass is 249 g/mol. The van der Waals surface area contributed by atoms with E-state index in [1.54, 1.807) is 0 Å². The Hall–Kier alpha value is -0.433. The van der Waals surface area contributed by atoms with Gasteiger partial charge in [0.05, 0.1) is 0 Å². The molecule has 0 radical (unpaired) electrons. The van der Waals surface area contributed by atoms with Crippen molar-refractivity contribution in [2.75, 3.05) is 26.4 Å². The number of aliphatic hydroxyl groups excluding tert-OH is 1. The van der Waals surface area contributed by atoms with Crippen LogP contribution < -0.4 is 5.32 Å². The molecule has 5 nitrogen and oxygen atoms in total. The maximum atomic E-state index is 10.8. The van der Waals surface area contributed by atoms with Gasteiger partial charge in [0.15, 0.2) is 6.29 Å². The molecule has 0 bridgehead atoms. The molecule has 1 unspecified atom stereocenters. The Morgan fingerprint density at radius 1 is 1.38 bits per heavy atom. The van der Waals surface area contributed by atoms with Crippen molar-refractivity contribution in [1.29, 1.82) is 0 Å². The zero-order chi connectivity index (χ0) is 12.4. The van der Waals surface area contributed by atoms with Crippen LogP contribution in [0.1, 0.15) is 20.3 Å². The number of carbonyl (C=O) groups is 1. The Morgan fingerprint density at radius 2 is 1.94 bits per heavy atom. The van der Waals surface area contributed by atoms with Gasteiger partial charge in [0.1, 0.15) is 6.61 Å². The fourth-order valence-corrected chi connectivity index (χ4v) is 2.01. The highest BCUT2D eigenvalue weighted by Crippen LogP contribution is 2.15. The number of aliphatic hydroxyl groups is 1. The second-order valence-electron chi connectivity index (χ2n) is 3.55. The molecule has 0 aromatic heterocycles. The number of nitrogens with one attached hydrogen (secondary N) is 1. The smallest absolute Gasteiger partial charge is 0.245 e. The van der Waals surface area contributed by atoms with Crippen molar-refractivity contribution in [3.8, 4) is 0 Å². The fourth-order valence-electron chi connectivity index (χ4n) is 1.34. The minimum atomic E-state index is -0.452. The van der Waals surface area contributed by atoms with Gasteiger partial charge in [0, 0.05) is 30.0 Å². The van der Waals surface area contributed by atoms with Crippen molar-refractivity contribution in [3.05, 3.63) is 0 Å². The highest BCUT2D eigenvalue weighted by molar-refractivity contribution is 6.11. The van der Waals surface area contributed by atoms with Gasteiger partial charge in [-0.25, -0.2) is 0 Å². The standard InChI is InChI=1S/C10H23NO4Si/c1-3-14-10(15-4-2)8(16)5-6-11-9(13)7-12/h8,10,12H,3-7H2,1-2,16H3,(H,11,13). The van der Waals surface area contributed by atoms with E-state index in [4.69, 9.17) is 14.6 Å². The van der Waals surface area contributed by atoms with Crippen LogP contribution >= 0.6 is 0 Å². The fraction of sp³-hybridized carbons (Fsp3) is 0.900. The van der Waals surface area contributed by atoms with Crippen molar-refractivity contribution in [2.24, 2.45) is 0 Å². The summed E-state index contributed by atoms with van der Waals surface area (Å²) in [6.45, 7) is 5.25. The van der Waals surface area contributed by atoms with Crippen molar-refractivity contribution < 1.29 is 19.4 Å². The molecule has 0 fully saturated rings. The molecule has 0 heterocycles. The largest absolute Gasteiger partial charge is 0.387 e. The van der Waals surface area contributed by atoms with Crippen LogP contribution in [0.15, 0.2) is 0 Å². The number of hydrogen-bond acceptors (Lipinski definition) is 4. The molecule has 0 rings (SSSR count). The number of carbonyl (C=O) groups excluding carboxylic acids is 1. The van der Waals surface area contributed by atoms with Crippen LogP contribution in [0, 0.1) is 0 Å². The first kappa shape index (κ1) is 15.6. The van der Waals surface area contributed by atoms with Gasteiger partial charge in [0.2, 0.25) is 5.91 Å². The summed E-state index contributed by atoms with van der Waals surface area (Å²) in [6, 6.07) is 0. The molecule has 96 valence electrons. The molecule has 2 N–H and O–H groups in total. The van der Waals surface area contributed by atoms with Gasteiger partial charge in [-0.1, -0.05) is 0 Å². The number of hydrogen-bond donors (Lipinski definition) is 2. The lowest BCUT2D eigenvalue weighted by atomic mass is 10.3. The quantitative estimate of drug-likeness (QED) is 0.408. The van der Waals surface area contributed by atoms with E-state index >= 15 is 0 Å². The summed E-state index contributed by atoms with van der Waals surface area (Å²) in [4.78, 5) is 10.8. The molecular formula is C10H23NO4Si. The highest BCUT2D eigenvalue weighted by Gasteiger charge is 2.17. The lowest BCUT2D eigenvalue weighted by molar-refractivity contribution is -0.139. The van der Waals surface area contributed by atoms with Crippen molar-refractivity contribution in [1.82, 2.24) is 5.32 Å². The van der Waals surface area contributed by atoms with E-state index < -0.39 is 6.61 Å². The third kappa shape index (κ3) is 6.94. The number of rotatable bonds is 9. The minimum Gasteiger partial charge on any atom is -0.387 e. The van der Waals surface area contributed by atoms with Gasteiger partial charge >= 0.3 is 0 Å². The Kier molecular flexibility index (Phi) is 9.50. The average Bonchev–Trinajstić information content (AvgIpc) is 2.28. The Morgan fingerprint density at radius 3 is 2.38 bits per heavy atom. The zero-order valence-electron chi connectivity index (χ0n) is 10.4. The van der Waals surface area contributed by atoms with E-state index in [0.29, 0.717) is 25.3 Å². The van der Waals surface area contributed by atoms with Crippen molar-refractivity contribution in [2.45, 2.75) is 32.1 Å². The summed E-state index contributed by atoms with van der Waals surface area (Å²) in [6.07, 6.45) is 0.663. The molecule has 16 heavy (non-hydrogen) atoms. The summed E-state index contributed by atoms with van der Waals surface area (Å²) in [7, 11) is 0.949. The molecule has 1 amide bonds. The SMILES string of the molecule is CCOC(OCC)C([SiH3])CCNC(=O)CO. The van der Waals surface area contributed by atoms with E-state index in [0.717, 1.165) is 16.7 Å². The van der Waals surface area contributed by atoms with E-state index in [1.165, 1.54) is 0 Å². The van der Waals surface area contributed by atoms with E-state index in [9.17, 15) is 4.79 Å². The summed E-state index contributed by atoms with van der Waals surface area (Å²) < 4.78 is 11.0. The Balaban J connectivity index is 3.81. The van der Waals surface area contributed by atoms with Gasteiger partial charge in [-0.2, -0.15) is 0 Å². The molecule has 0 aliphatic carbocycles. The van der Waals surface area contributed by atoms with Crippen LogP contribution in [0.4, 0.5) is 0 Å². The molecule has 6 heteroatoms. The molecule has 0 aliphatic heterocycles. The molecule has 1 atom stereocenters. The van der Waals surface area contributed by atoms with Gasteiger partial charge in [-0.15, -0.1) is 0 Å². The molecule has 0 aliphatic rings. The zero-order valence-corrected chi connectivity index (χ0v) is 12.4. The number of ether oxygens (including phenoxy) is 2. The lowest BCUT2D eigenvalue weighted by Crippen LogP contribution is -2.31. The first-order valence-corrected chi connectivity index (χ1v) is 6.91. The molecule has 0 aromatic carbocycles. The van der Waals surface area contributed by atoms with E-state index in [1.807, 2.05) is 13.8 Å². The number of amides is 1. The van der Waals surface area contributed by atoms with Gasteiger partial charge in [0.25, 0.3) is 0 Å². The topological polar surface area (TPSA) is 67.8 Å². The summed E-state index contributed by atoms with van der Waals surface area (Å²) in [5.74, 6) is -0.335. The predicted octanol–water partition coefficient (Wildman–Crippen LogP) is -0.962. The molecule has 0 spiro atoms. The first-order valence-electron chi connectivity index (χ1n) is 5.76. The van der Waals surface area contributed by atoms with Crippen molar-refractivity contribution >= 4 is 16.1 Å². The van der Waals surface area contributed by atoms with Crippen LogP contribution in [-0.2, 0) is 14.3 Å². The Bertz CT molecular complexity index is 186. The van der Waals surface area contributed by atoms with Crippen LogP contribution in [0.5, 0.6) is 0 Å². The first-order chi connectivity index (χ1) is 7.65. The van der Waals surface area contributed by atoms with Gasteiger partial charge in [-0.3, -0.25) is 4.79 Å². The van der Waals surface area contributed by atoms with Crippen LogP contribution in [0.2, 0.25) is 5.54 Å². The van der Waals surface area contributed by atoms with Crippen LogP contribution in [0.25, 0.3) is 0 Å². The highest BCUT2D eigenvalue weighted by atomic mass is 28.1. The second kappa shape index (κ2) is 9.77. The summed E-state index contributed by atoms with van der Waals surface area (Å²) in [5, 5.41) is 11.1. The molecular weight excluding hydrogens is 226 g/mol. The van der Waals surface area contributed by atoms with E-state index in [-0.39, 0.29) is 12.2 Å². The van der Waals surface area contributed by atoms with E-state index in [2.05, 4.69) is 5.32 Å². The minimum absolute atomic E-state index is 0.160. The maximum absolute atomic E-state index is 10.8. The average molecular weight is 249 g/mol. The summed E-state index contributed by atoms with van der Waals surface area (Å²) in [5.41, 5.74) is 0.346. The normalized spacial score (nSPS) is 13.0. The molecule has 0 saturated carbocycles. The molecule has 0 aromatic rings. The Labute approximate surface area is 99.9 Å². The van der Waals surface area contributed by atoms with Gasteiger partial charge < -0.3 is 19.9 Å². The maximum Gasteiger partial charge on any atom is 0.245 e. The second-order valence-corrected chi connectivity index (χ2v) is 5.04. The third-order valence-electron chi connectivity index (χ3n) is 2.19.